The molecule has 0 aliphatic heterocycles. The number of benzene rings is 2. The Morgan fingerprint density at radius 2 is 2.00 bits per heavy atom. The smallest absolute Gasteiger partial charge is 0.256 e. The number of rotatable bonds is 3. The van der Waals surface area contributed by atoms with Crippen molar-refractivity contribution in [3.05, 3.63) is 65.0 Å². The topological polar surface area (TPSA) is 49.3 Å². The highest BCUT2D eigenvalue weighted by Gasteiger charge is 2.11. The summed E-state index contributed by atoms with van der Waals surface area (Å²) in [7, 11) is 0. The first-order chi connectivity index (χ1) is 9.47. The maximum absolute atomic E-state index is 13.2. The summed E-state index contributed by atoms with van der Waals surface area (Å²) in [6, 6.07) is 11.0. The third-order valence-corrected chi connectivity index (χ3v) is 3.07. The molecule has 0 spiro atoms. The largest absolute Gasteiger partial charge is 0.389 e. The SMILES string of the molecule is Cc1ccc(F)cc1C(=O)Nc1cccc(C(C)O)c1. The number of aryl methyl sites for hydroxylation is 1. The lowest BCUT2D eigenvalue weighted by Crippen LogP contribution is -2.14. The van der Waals surface area contributed by atoms with Crippen molar-refractivity contribution in [1.82, 2.24) is 0 Å². The second kappa shape index (κ2) is 5.84. The summed E-state index contributed by atoms with van der Waals surface area (Å²) < 4.78 is 13.2. The van der Waals surface area contributed by atoms with E-state index in [4.69, 9.17) is 0 Å². The fourth-order valence-electron chi connectivity index (χ4n) is 1.91. The number of hydrogen-bond acceptors (Lipinski definition) is 2. The number of anilines is 1. The molecule has 0 aliphatic rings. The van der Waals surface area contributed by atoms with E-state index in [-0.39, 0.29) is 5.91 Å². The molecule has 104 valence electrons. The Morgan fingerprint density at radius 3 is 2.70 bits per heavy atom. The van der Waals surface area contributed by atoms with Crippen molar-refractivity contribution in [3.8, 4) is 0 Å². The summed E-state index contributed by atoms with van der Waals surface area (Å²) in [5.41, 5.74) is 2.28. The third kappa shape index (κ3) is 3.22. The van der Waals surface area contributed by atoms with Gasteiger partial charge < -0.3 is 10.4 Å². The Hall–Kier alpha value is -2.20. The first kappa shape index (κ1) is 14.2. The van der Waals surface area contributed by atoms with Gasteiger partial charge in [0.1, 0.15) is 5.82 Å². The average molecular weight is 273 g/mol. The van der Waals surface area contributed by atoms with Gasteiger partial charge in [-0.1, -0.05) is 18.2 Å². The molecule has 1 atom stereocenters. The summed E-state index contributed by atoms with van der Waals surface area (Å²) in [6.07, 6.45) is -0.609. The number of nitrogens with one attached hydrogen (secondary N) is 1. The van der Waals surface area contributed by atoms with Gasteiger partial charge in [-0.05, 0) is 49.2 Å². The Morgan fingerprint density at radius 1 is 1.25 bits per heavy atom. The van der Waals surface area contributed by atoms with E-state index in [2.05, 4.69) is 5.32 Å². The number of aliphatic hydroxyl groups excluding tert-OH is 1. The van der Waals surface area contributed by atoms with Crippen LogP contribution in [-0.4, -0.2) is 11.0 Å². The minimum absolute atomic E-state index is 0.299. The van der Waals surface area contributed by atoms with Crippen LogP contribution in [0.5, 0.6) is 0 Å². The normalized spacial score (nSPS) is 12.0. The number of carbonyl (C=O) groups excluding carboxylic acids is 1. The van der Waals surface area contributed by atoms with Crippen molar-refractivity contribution in [2.24, 2.45) is 0 Å². The van der Waals surface area contributed by atoms with Crippen molar-refractivity contribution in [3.63, 3.8) is 0 Å². The van der Waals surface area contributed by atoms with Gasteiger partial charge in [-0.15, -0.1) is 0 Å². The van der Waals surface area contributed by atoms with Gasteiger partial charge in [-0.25, -0.2) is 4.39 Å². The quantitative estimate of drug-likeness (QED) is 0.900. The standard InChI is InChI=1S/C16H16FNO2/c1-10-6-7-13(17)9-15(10)16(20)18-14-5-3-4-12(8-14)11(2)19/h3-9,11,19H,1-2H3,(H,18,20). The maximum Gasteiger partial charge on any atom is 0.256 e. The van der Waals surface area contributed by atoms with Gasteiger partial charge in [0.2, 0.25) is 0 Å². The molecule has 0 bridgehead atoms. The molecule has 2 aromatic carbocycles. The summed E-state index contributed by atoms with van der Waals surface area (Å²) >= 11 is 0. The van der Waals surface area contributed by atoms with Crippen LogP contribution in [-0.2, 0) is 0 Å². The van der Waals surface area contributed by atoms with Crippen LogP contribution >= 0.6 is 0 Å². The molecule has 0 radical (unpaired) electrons. The molecular formula is C16H16FNO2. The molecule has 0 fully saturated rings. The second-order valence-corrected chi connectivity index (χ2v) is 4.71. The summed E-state index contributed by atoms with van der Waals surface area (Å²) in [5.74, 6) is -0.816. The van der Waals surface area contributed by atoms with Crippen LogP contribution in [0.3, 0.4) is 0 Å². The molecule has 1 unspecified atom stereocenters. The van der Waals surface area contributed by atoms with Crippen molar-refractivity contribution >= 4 is 11.6 Å². The summed E-state index contributed by atoms with van der Waals surface area (Å²) in [6.45, 7) is 3.40. The van der Waals surface area contributed by atoms with Crippen LogP contribution in [0, 0.1) is 12.7 Å². The number of halogens is 1. The molecule has 2 rings (SSSR count). The van der Waals surface area contributed by atoms with Gasteiger partial charge in [-0.3, -0.25) is 4.79 Å². The fourth-order valence-corrected chi connectivity index (χ4v) is 1.91. The highest BCUT2D eigenvalue weighted by molar-refractivity contribution is 6.05. The van der Waals surface area contributed by atoms with Gasteiger partial charge in [0, 0.05) is 11.3 Å². The molecule has 0 saturated heterocycles. The molecule has 0 heterocycles. The fraction of sp³-hybridized carbons (Fsp3) is 0.188. The molecule has 2 aromatic rings. The summed E-state index contributed by atoms with van der Waals surface area (Å²) in [4.78, 5) is 12.1. The van der Waals surface area contributed by atoms with Crippen molar-refractivity contribution < 1.29 is 14.3 Å². The van der Waals surface area contributed by atoms with Crippen LogP contribution in [0.1, 0.15) is 34.5 Å². The zero-order chi connectivity index (χ0) is 14.7. The van der Waals surface area contributed by atoms with E-state index in [1.807, 2.05) is 0 Å². The molecule has 3 nitrogen and oxygen atoms in total. The number of carbonyl (C=O) groups is 1. The van der Waals surface area contributed by atoms with E-state index < -0.39 is 11.9 Å². The molecule has 20 heavy (non-hydrogen) atoms. The minimum Gasteiger partial charge on any atom is -0.389 e. The Kier molecular flexibility index (Phi) is 4.15. The zero-order valence-corrected chi connectivity index (χ0v) is 11.4. The number of amides is 1. The Bertz CT molecular complexity index is 638. The van der Waals surface area contributed by atoms with Crippen LogP contribution < -0.4 is 5.32 Å². The van der Waals surface area contributed by atoms with Gasteiger partial charge in [0.15, 0.2) is 0 Å². The third-order valence-electron chi connectivity index (χ3n) is 3.07. The molecule has 0 aliphatic carbocycles. The van der Waals surface area contributed by atoms with E-state index >= 15 is 0 Å². The van der Waals surface area contributed by atoms with Crippen molar-refractivity contribution in [1.29, 1.82) is 0 Å². The predicted octanol–water partition coefficient (Wildman–Crippen LogP) is 3.44. The van der Waals surface area contributed by atoms with Crippen molar-refractivity contribution in [2.45, 2.75) is 20.0 Å². The van der Waals surface area contributed by atoms with Gasteiger partial charge in [0.25, 0.3) is 5.91 Å². The zero-order valence-electron chi connectivity index (χ0n) is 11.4. The van der Waals surface area contributed by atoms with E-state index in [1.165, 1.54) is 12.1 Å². The monoisotopic (exact) mass is 273 g/mol. The maximum atomic E-state index is 13.2. The van der Waals surface area contributed by atoms with Crippen LogP contribution in [0.25, 0.3) is 0 Å². The minimum atomic E-state index is -0.609. The van der Waals surface area contributed by atoms with Crippen LogP contribution in [0.15, 0.2) is 42.5 Å². The number of hydrogen-bond donors (Lipinski definition) is 2. The first-order valence-electron chi connectivity index (χ1n) is 6.33. The molecule has 0 saturated carbocycles. The lowest BCUT2D eigenvalue weighted by Gasteiger charge is -2.10. The highest BCUT2D eigenvalue weighted by atomic mass is 19.1. The van der Waals surface area contributed by atoms with Gasteiger partial charge in [-0.2, -0.15) is 0 Å². The lowest BCUT2D eigenvalue weighted by atomic mass is 10.1. The Balaban J connectivity index is 2.23. The van der Waals surface area contributed by atoms with E-state index in [1.54, 1.807) is 44.2 Å². The molecule has 4 heteroatoms. The molecular weight excluding hydrogens is 257 g/mol. The second-order valence-electron chi connectivity index (χ2n) is 4.71. The molecule has 0 aromatic heterocycles. The van der Waals surface area contributed by atoms with Crippen LogP contribution in [0.4, 0.5) is 10.1 Å². The molecule has 2 N–H and O–H groups in total. The van der Waals surface area contributed by atoms with E-state index in [0.717, 1.165) is 0 Å². The van der Waals surface area contributed by atoms with E-state index in [9.17, 15) is 14.3 Å². The lowest BCUT2D eigenvalue weighted by molar-refractivity contribution is 0.102. The number of aliphatic hydroxyl groups is 1. The van der Waals surface area contributed by atoms with Crippen molar-refractivity contribution in [2.75, 3.05) is 5.32 Å². The van der Waals surface area contributed by atoms with Gasteiger partial charge in [0.05, 0.1) is 6.10 Å². The van der Waals surface area contributed by atoms with Gasteiger partial charge >= 0.3 is 0 Å². The van der Waals surface area contributed by atoms with Crippen LogP contribution in [0.2, 0.25) is 0 Å². The summed E-state index contributed by atoms with van der Waals surface area (Å²) in [5, 5.41) is 12.2. The molecule has 1 amide bonds. The Labute approximate surface area is 117 Å². The first-order valence-corrected chi connectivity index (χ1v) is 6.33. The average Bonchev–Trinajstić information content (AvgIpc) is 2.41. The van der Waals surface area contributed by atoms with E-state index in [0.29, 0.717) is 22.4 Å². The predicted molar refractivity (Wildman–Crippen MR) is 76.2 cm³/mol. The highest BCUT2D eigenvalue weighted by Crippen LogP contribution is 2.18.